The van der Waals surface area contributed by atoms with E-state index in [0.717, 1.165) is 6.21 Å². The highest BCUT2D eigenvalue weighted by Crippen LogP contribution is 2.40. The second kappa shape index (κ2) is 5.79. The fourth-order valence-electron chi connectivity index (χ4n) is 2.45. The Morgan fingerprint density at radius 1 is 1.52 bits per heavy atom. The lowest BCUT2D eigenvalue weighted by Crippen LogP contribution is -2.57. The summed E-state index contributed by atoms with van der Waals surface area (Å²) >= 11 is 6.03. The molecule has 6 nitrogen and oxygen atoms in total. The Bertz CT molecular complexity index is 658. The van der Waals surface area contributed by atoms with Crippen molar-refractivity contribution >= 4 is 23.7 Å². The number of hydrogen-bond acceptors (Lipinski definition) is 4. The molecular weight excluding hydrogens is 337 g/mol. The summed E-state index contributed by atoms with van der Waals surface area (Å²) in [5.74, 6) is -0.997. The van der Waals surface area contributed by atoms with Gasteiger partial charge in [-0.3, -0.25) is 9.48 Å². The van der Waals surface area contributed by atoms with Gasteiger partial charge in [0.05, 0.1) is 16.4 Å². The molecule has 2 rings (SSSR count). The van der Waals surface area contributed by atoms with Gasteiger partial charge in [0.25, 0.3) is 11.6 Å². The molecule has 1 N–H and O–H groups in total. The Balaban J connectivity index is 2.41. The maximum atomic E-state index is 13.1. The summed E-state index contributed by atoms with van der Waals surface area (Å²) in [6.45, 7) is 4.87. The van der Waals surface area contributed by atoms with E-state index >= 15 is 0 Å². The van der Waals surface area contributed by atoms with Crippen LogP contribution in [0.1, 0.15) is 37.2 Å². The van der Waals surface area contributed by atoms with Crippen LogP contribution in [0.15, 0.2) is 5.10 Å². The third kappa shape index (κ3) is 2.72. The Hall–Kier alpha value is -1.61. The van der Waals surface area contributed by atoms with E-state index in [4.69, 9.17) is 11.6 Å². The molecular formula is C13H16ClF3N4O2. The molecule has 2 unspecified atom stereocenters. The van der Waals surface area contributed by atoms with E-state index in [1.807, 2.05) is 0 Å². The number of aryl methyl sites for hydroxylation is 1. The van der Waals surface area contributed by atoms with Crippen LogP contribution < -0.4 is 0 Å². The van der Waals surface area contributed by atoms with Crippen molar-refractivity contribution in [2.24, 2.45) is 5.10 Å². The van der Waals surface area contributed by atoms with Crippen LogP contribution in [0.25, 0.3) is 0 Å². The summed E-state index contributed by atoms with van der Waals surface area (Å²) < 4.78 is 40.6. The molecule has 0 aliphatic carbocycles. The zero-order chi connectivity index (χ0) is 17.6. The van der Waals surface area contributed by atoms with Gasteiger partial charge in [-0.25, -0.2) is 0 Å². The maximum Gasteiger partial charge on any atom is 0.438 e. The number of aliphatic hydroxyl groups is 1. The molecule has 0 radical (unpaired) electrons. The van der Waals surface area contributed by atoms with Gasteiger partial charge in [0.2, 0.25) is 0 Å². The van der Waals surface area contributed by atoms with Crippen LogP contribution in [0.2, 0.25) is 5.02 Å². The SMILES string of the molecule is CCC(C(=O)N1N=CCC1(O)C(F)(F)F)n1nc(C)c(Cl)c1C. The number of amides is 1. The smallest absolute Gasteiger partial charge is 0.362 e. The third-order valence-corrected chi connectivity index (χ3v) is 4.34. The molecule has 2 atom stereocenters. The number of halogens is 4. The average Bonchev–Trinajstić information content (AvgIpc) is 2.97. The van der Waals surface area contributed by atoms with Crippen LogP contribution in [0.3, 0.4) is 0 Å². The number of aromatic nitrogens is 2. The van der Waals surface area contributed by atoms with Crippen LogP contribution in [-0.2, 0) is 4.79 Å². The Labute approximate surface area is 135 Å². The molecule has 2 heterocycles. The molecule has 0 fully saturated rings. The van der Waals surface area contributed by atoms with Crippen molar-refractivity contribution < 1.29 is 23.1 Å². The average molecular weight is 353 g/mol. The highest BCUT2D eigenvalue weighted by atomic mass is 35.5. The van der Waals surface area contributed by atoms with Gasteiger partial charge >= 0.3 is 6.18 Å². The molecule has 128 valence electrons. The van der Waals surface area contributed by atoms with Gasteiger partial charge in [-0.05, 0) is 20.3 Å². The first-order chi connectivity index (χ1) is 10.5. The van der Waals surface area contributed by atoms with Gasteiger partial charge in [-0.15, -0.1) is 0 Å². The van der Waals surface area contributed by atoms with E-state index in [2.05, 4.69) is 10.2 Å². The van der Waals surface area contributed by atoms with Gasteiger partial charge < -0.3 is 5.11 Å². The highest BCUT2D eigenvalue weighted by Gasteiger charge is 2.62. The topological polar surface area (TPSA) is 70.7 Å². The standard InChI is InChI=1S/C13H16ClF3N4O2/c1-4-9(20-8(3)10(14)7(2)19-20)11(22)21-12(23,5-6-18-21)13(15,16)17/h6,9,23H,4-5H2,1-3H3. The van der Waals surface area contributed by atoms with E-state index in [9.17, 15) is 23.1 Å². The lowest BCUT2D eigenvalue weighted by Gasteiger charge is -2.34. The van der Waals surface area contributed by atoms with Gasteiger partial charge in [0.15, 0.2) is 0 Å². The lowest BCUT2D eigenvalue weighted by molar-refractivity contribution is -0.303. The molecule has 1 aliphatic rings. The van der Waals surface area contributed by atoms with Gasteiger partial charge in [0.1, 0.15) is 6.04 Å². The van der Waals surface area contributed by atoms with E-state index in [1.54, 1.807) is 20.8 Å². The number of carbonyl (C=O) groups is 1. The monoisotopic (exact) mass is 352 g/mol. The third-order valence-electron chi connectivity index (χ3n) is 3.79. The molecule has 1 aliphatic heterocycles. The van der Waals surface area contributed by atoms with Crippen molar-refractivity contribution in [2.75, 3.05) is 0 Å². The van der Waals surface area contributed by atoms with Crippen LogP contribution in [0.4, 0.5) is 13.2 Å². The summed E-state index contributed by atoms with van der Waals surface area (Å²) in [5, 5.41) is 17.8. The van der Waals surface area contributed by atoms with Gasteiger partial charge in [-0.1, -0.05) is 18.5 Å². The van der Waals surface area contributed by atoms with Gasteiger partial charge in [-0.2, -0.15) is 28.4 Å². The van der Waals surface area contributed by atoms with E-state index in [1.165, 1.54) is 4.68 Å². The Morgan fingerprint density at radius 3 is 2.57 bits per heavy atom. The molecule has 0 saturated carbocycles. The number of carbonyl (C=O) groups excluding carboxylic acids is 1. The van der Waals surface area contributed by atoms with Crippen molar-refractivity contribution in [3.05, 3.63) is 16.4 Å². The first-order valence-electron chi connectivity index (χ1n) is 6.91. The predicted octanol–water partition coefficient (Wildman–Crippen LogP) is 2.57. The second-order valence-electron chi connectivity index (χ2n) is 5.32. The fraction of sp³-hybridized carbons (Fsp3) is 0.615. The van der Waals surface area contributed by atoms with Crippen LogP contribution >= 0.6 is 11.6 Å². The number of nitrogens with zero attached hydrogens (tertiary/aromatic N) is 4. The normalized spacial score (nSPS) is 22.7. The van der Waals surface area contributed by atoms with Crippen molar-refractivity contribution in [1.29, 1.82) is 0 Å². The Morgan fingerprint density at radius 2 is 2.13 bits per heavy atom. The summed E-state index contributed by atoms with van der Waals surface area (Å²) in [4.78, 5) is 12.6. The summed E-state index contributed by atoms with van der Waals surface area (Å²) in [7, 11) is 0. The molecule has 1 aromatic rings. The predicted molar refractivity (Wildman–Crippen MR) is 77.0 cm³/mol. The van der Waals surface area contributed by atoms with Crippen LogP contribution in [0.5, 0.6) is 0 Å². The van der Waals surface area contributed by atoms with Crippen molar-refractivity contribution in [3.8, 4) is 0 Å². The molecule has 1 aromatic heterocycles. The number of alkyl halides is 3. The minimum Gasteiger partial charge on any atom is -0.362 e. The molecule has 0 spiro atoms. The minimum atomic E-state index is -5.02. The zero-order valence-corrected chi connectivity index (χ0v) is 13.5. The summed E-state index contributed by atoms with van der Waals surface area (Å²) in [6.07, 6.45) is -4.80. The largest absolute Gasteiger partial charge is 0.438 e. The molecule has 0 aromatic carbocycles. The van der Waals surface area contributed by atoms with Crippen LogP contribution in [-0.4, -0.2) is 43.9 Å². The van der Waals surface area contributed by atoms with Gasteiger partial charge in [0, 0.05) is 12.6 Å². The molecule has 1 amide bonds. The second-order valence-corrected chi connectivity index (χ2v) is 5.70. The Kier molecular flexibility index (Phi) is 4.46. The lowest BCUT2D eigenvalue weighted by atomic mass is 10.1. The molecule has 10 heteroatoms. The quantitative estimate of drug-likeness (QED) is 0.908. The molecule has 0 bridgehead atoms. The number of rotatable bonds is 3. The highest BCUT2D eigenvalue weighted by molar-refractivity contribution is 6.31. The van der Waals surface area contributed by atoms with E-state index < -0.39 is 30.3 Å². The summed E-state index contributed by atoms with van der Waals surface area (Å²) in [6, 6.07) is -1.05. The zero-order valence-electron chi connectivity index (χ0n) is 12.7. The first kappa shape index (κ1) is 17.7. The van der Waals surface area contributed by atoms with Crippen molar-refractivity contribution in [2.45, 2.75) is 51.6 Å². The van der Waals surface area contributed by atoms with E-state index in [-0.39, 0.29) is 11.4 Å². The van der Waals surface area contributed by atoms with Crippen LogP contribution in [0, 0.1) is 13.8 Å². The fourth-order valence-corrected chi connectivity index (χ4v) is 2.57. The number of hydrazone groups is 1. The molecule has 23 heavy (non-hydrogen) atoms. The van der Waals surface area contributed by atoms with Crippen molar-refractivity contribution in [3.63, 3.8) is 0 Å². The molecule has 0 saturated heterocycles. The van der Waals surface area contributed by atoms with E-state index in [0.29, 0.717) is 16.4 Å². The number of hydrogen-bond donors (Lipinski definition) is 1. The maximum absolute atomic E-state index is 13.1. The first-order valence-corrected chi connectivity index (χ1v) is 7.29. The minimum absolute atomic E-state index is 0.0888. The summed E-state index contributed by atoms with van der Waals surface area (Å²) in [5.41, 5.74) is -2.41. The van der Waals surface area contributed by atoms with Crippen molar-refractivity contribution in [1.82, 2.24) is 14.8 Å².